The largest absolute Gasteiger partial charge is 0.497 e. The van der Waals surface area contributed by atoms with Crippen LogP contribution < -0.4 is 9.64 Å². The van der Waals surface area contributed by atoms with Gasteiger partial charge >= 0.3 is 5.97 Å². The third kappa shape index (κ3) is 5.18. The average Bonchev–Trinajstić information content (AvgIpc) is 3.58. The maximum absolute atomic E-state index is 14.1. The van der Waals surface area contributed by atoms with Gasteiger partial charge in [0.05, 0.1) is 45.2 Å². The first-order valence-electron chi connectivity index (χ1n) is 14.2. The number of hydrogen-bond donors (Lipinski definition) is 0. The normalized spacial score (nSPS) is 18.7. The number of nitrogens with zero attached hydrogens (tertiary/aromatic N) is 2. The Morgan fingerprint density at radius 3 is 2.16 bits per heavy atom. The van der Waals surface area contributed by atoms with E-state index < -0.39 is 35.8 Å². The lowest BCUT2D eigenvalue weighted by Crippen LogP contribution is -2.58. The van der Waals surface area contributed by atoms with Crippen LogP contribution in [0.1, 0.15) is 52.6 Å². The maximum atomic E-state index is 14.1. The standard InChI is InChI=1S/C34H28N2O6S3/c1-5-42-32(40)28-27(19-11-7-6-8-12-19)44-33(45-28)26-23-17-20(41-4)15-16-24(23)36(34(2,3)29(26)43)25(37)18-35-30(38)21-13-9-10-14-22(21)31(35)39/h6-17H,5,18H2,1-4H3. The summed E-state index contributed by atoms with van der Waals surface area (Å²) in [5.41, 5.74) is 2.27. The second kappa shape index (κ2) is 12.0. The van der Waals surface area contributed by atoms with Crippen molar-refractivity contribution in [3.63, 3.8) is 0 Å². The second-order valence-corrected chi connectivity index (χ2v) is 13.6. The highest BCUT2D eigenvalue weighted by molar-refractivity contribution is 8.32. The van der Waals surface area contributed by atoms with Crippen molar-refractivity contribution in [2.24, 2.45) is 0 Å². The molecule has 0 aromatic heterocycles. The molecule has 0 fully saturated rings. The van der Waals surface area contributed by atoms with E-state index >= 15 is 0 Å². The van der Waals surface area contributed by atoms with Crippen molar-refractivity contribution in [2.75, 3.05) is 25.2 Å². The predicted octanol–water partition coefficient (Wildman–Crippen LogP) is 6.57. The quantitative estimate of drug-likeness (QED) is 0.126. The summed E-state index contributed by atoms with van der Waals surface area (Å²) in [5, 5.41) is 0. The molecule has 0 saturated carbocycles. The fourth-order valence-corrected chi connectivity index (χ4v) is 8.75. The van der Waals surface area contributed by atoms with Gasteiger partial charge in [-0.25, -0.2) is 4.79 Å². The van der Waals surface area contributed by atoms with E-state index in [1.165, 1.54) is 23.5 Å². The van der Waals surface area contributed by atoms with Crippen LogP contribution in [0.15, 0.2) is 81.9 Å². The van der Waals surface area contributed by atoms with Crippen molar-refractivity contribution in [1.29, 1.82) is 0 Å². The second-order valence-electron chi connectivity index (χ2n) is 10.9. The van der Waals surface area contributed by atoms with Gasteiger partial charge in [-0.3, -0.25) is 24.2 Å². The molecule has 6 rings (SSSR count). The van der Waals surface area contributed by atoms with Gasteiger partial charge in [-0.1, -0.05) is 78.2 Å². The number of ether oxygens (including phenoxy) is 2. The number of amides is 3. The summed E-state index contributed by atoms with van der Waals surface area (Å²) < 4.78 is 11.8. The van der Waals surface area contributed by atoms with Crippen molar-refractivity contribution < 1.29 is 28.7 Å². The zero-order valence-electron chi connectivity index (χ0n) is 24.9. The Bertz CT molecular complexity index is 1830. The van der Waals surface area contributed by atoms with Gasteiger partial charge in [0.15, 0.2) is 0 Å². The molecule has 3 aromatic carbocycles. The zero-order chi connectivity index (χ0) is 32.0. The fourth-order valence-electron chi connectivity index (χ4n) is 5.62. The summed E-state index contributed by atoms with van der Waals surface area (Å²) in [6, 6.07) is 21.5. The lowest BCUT2D eigenvalue weighted by molar-refractivity contribution is -0.137. The van der Waals surface area contributed by atoms with E-state index in [-0.39, 0.29) is 17.7 Å². The van der Waals surface area contributed by atoms with Crippen LogP contribution in [0.25, 0.3) is 10.5 Å². The van der Waals surface area contributed by atoms with Crippen molar-refractivity contribution in [3.8, 4) is 5.75 Å². The van der Waals surface area contributed by atoms with Crippen LogP contribution in [-0.2, 0) is 14.3 Å². The number of imide groups is 1. The lowest BCUT2D eigenvalue weighted by atomic mass is 9.83. The van der Waals surface area contributed by atoms with Gasteiger partial charge in [0, 0.05) is 16.0 Å². The molecule has 0 saturated heterocycles. The Morgan fingerprint density at radius 1 is 0.889 bits per heavy atom. The highest BCUT2D eigenvalue weighted by Crippen LogP contribution is 2.59. The minimum absolute atomic E-state index is 0.233. The van der Waals surface area contributed by atoms with E-state index in [2.05, 4.69) is 0 Å². The first-order chi connectivity index (χ1) is 21.6. The van der Waals surface area contributed by atoms with Gasteiger partial charge in [0.2, 0.25) is 5.91 Å². The molecule has 0 unspecified atom stereocenters. The first kappa shape index (κ1) is 30.8. The number of carbonyl (C=O) groups is 4. The minimum atomic E-state index is -1.05. The number of hydrogen-bond acceptors (Lipinski definition) is 9. The minimum Gasteiger partial charge on any atom is -0.497 e. The van der Waals surface area contributed by atoms with Gasteiger partial charge in [-0.15, -0.1) is 0 Å². The number of esters is 1. The van der Waals surface area contributed by atoms with Crippen LogP contribution in [0.5, 0.6) is 5.75 Å². The van der Waals surface area contributed by atoms with Crippen molar-refractivity contribution >= 4 is 80.5 Å². The van der Waals surface area contributed by atoms with Crippen LogP contribution in [0.3, 0.4) is 0 Å². The number of carbonyl (C=O) groups excluding carboxylic acids is 4. The molecule has 0 aliphatic carbocycles. The Balaban J connectivity index is 1.44. The number of anilines is 1. The molecule has 0 spiro atoms. The smallest absolute Gasteiger partial charge is 0.346 e. The fraction of sp³-hybridized carbons (Fsp3) is 0.206. The van der Waals surface area contributed by atoms with Crippen LogP contribution in [0.2, 0.25) is 0 Å². The number of methoxy groups -OCH3 is 1. The predicted molar refractivity (Wildman–Crippen MR) is 181 cm³/mol. The van der Waals surface area contributed by atoms with Gasteiger partial charge in [-0.05, 0) is 56.7 Å². The van der Waals surface area contributed by atoms with Gasteiger partial charge in [0.1, 0.15) is 17.2 Å². The number of benzene rings is 3. The van der Waals surface area contributed by atoms with E-state index in [4.69, 9.17) is 21.7 Å². The number of thiocarbonyl (C=S) groups is 1. The van der Waals surface area contributed by atoms with E-state index in [1.54, 1.807) is 55.3 Å². The first-order valence-corrected chi connectivity index (χ1v) is 16.2. The van der Waals surface area contributed by atoms with E-state index in [0.717, 1.165) is 19.6 Å². The monoisotopic (exact) mass is 656 g/mol. The number of fused-ring (bicyclic) bond motifs is 2. The topological polar surface area (TPSA) is 93.2 Å². The Hall–Kier alpha value is -4.19. The van der Waals surface area contributed by atoms with Crippen molar-refractivity contribution in [2.45, 2.75) is 26.3 Å². The molecule has 0 bridgehead atoms. The molecule has 0 radical (unpaired) electrons. The zero-order valence-corrected chi connectivity index (χ0v) is 27.4. The van der Waals surface area contributed by atoms with Crippen LogP contribution in [0, 0.1) is 0 Å². The summed E-state index contributed by atoms with van der Waals surface area (Å²) in [7, 11) is 1.55. The van der Waals surface area contributed by atoms with Gasteiger partial charge in [-0.2, -0.15) is 0 Å². The third-order valence-corrected chi connectivity index (χ3v) is 11.1. The third-order valence-electron chi connectivity index (χ3n) is 7.77. The molecule has 0 atom stereocenters. The van der Waals surface area contributed by atoms with E-state index in [9.17, 15) is 19.2 Å². The van der Waals surface area contributed by atoms with E-state index in [0.29, 0.717) is 32.3 Å². The summed E-state index contributed by atoms with van der Waals surface area (Å²) in [4.78, 5) is 57.8. The molecule has 45 heavy (non-hydrogen) atoms. The Kier molecular flexibility index (Phi) is 8.19. The Labute approximate surface area is 274 Å². The molecule has 3 aliphatic rings. The molecular weight excluding hydrogens is 629 g/mol. The van der Waals surface area contributed by atoms with Gasteiger partial charge in [0.25, 0.3) is 11.8 Å². The number of rotatable bonds is 6. The number of thioether (sulfide) groups is 2. The average molecular weight is 657 g/mol. The molecule has 228 valence electrons. The van der Waals surface area contributed by atoms with Gasteiger partial charge < -0.3 is 9.47 Å². The van der Waals surface area contributed by atoms with Crippen molar-refractivity contribution in [1.82, 2.24) is 4.90 Å². The summed E-state index contributed by atoms with van der Waals surface area (Å²) in [5.74, 6) is -1.35. The molecule has 3 aliphatic heterocycles. The Morgan fingerprint density at radius 2 is 1.53 bits per heavy atom. The molecule has 8 nitrogen and oxygen atoms in total. The molecule has 0 N–H and O–H groups in total. The van der Waals surface area contributed by atoms with E-state index in [1.807, 2.05) is 50.2 Å². The molecule has 3 heterocycles. The SMILES string of the molecule is CCOC(=O)C1=C(c2ccccc2)SC(=C2C(=S)C(C)(C)N(C(=O)CN3C(=O)c4ccccc4C3=O)c3ccc(OC)cc32)S1. The highest BCUT2D eigenvalue weighted by Gasteiger charge is 2.47. The summed E-state index contributed by atoms with van der Waals surface area (Å²) in [6.07, 6.45) is 0. The molecule has 3 amide bonds. The molecular formula is C34H28N2O6S3. The lowest BCUT2D eigenvalue weighted by Gasteiger charge is -2.45. The van der Waals surface area contributed by atoms with Crippen LogP contribution >= 0.6 is 35.7 Å². The summed E-state index contributed by atoms with van der Waals surface area (Å²) >= 11 is 8.88. The van der Waals surface area contributed by atoms with Crippen LogP contribution in [-0.4, -0.2) is 59.3 Å². The summed E-state index contributed by atoms with van der Waals surface area (Å²) in [6.45, 7) is 5.22. The van der Waals surface area contributed by atoms with Crippen LogP contribution in [0.4, 0.5) is 5.69 Å². The van der Waals surface area contributed by atoms with Crippen molar-refractivity contribution in [3.05, 3.63) is 104 Å². The molecule has 3 aromatic rings. The molecule has 11 heteroatoms. The highest BCUT2D eigenvalue weighted by atomic mass is 32.2. The maximum Gasteiger partial charge on any atom is 0.346 e.